The highest BCUT2D eigenvalue weighted by Crippen LogP contribution is 2.33. The summed E-state index contributed by atoms with van der Waals surface area (Å²) in [4.78, 5) is 10.8. The lowest BCUT2D eigenvalue weighted by Crippen LogP contribution is -2.17. The molecule has 1 aliphatic carbocycles. The molecule has 0 aliphatic heterocycles. The Morgan fingerprint density at radius 1 is 1.37 bits per heavy atom. The Morgan fingerprint density at radius 3 is 2.63 bits per heavy atom. The molecule has 1 saturated carbocycles. The van der Waals surface area contributed by atoms with Crippen molar-refractivity contribution in [3.8, 4) is 5.75 Å². The normalized spacial score (nSPS) is 15.2. The van der Waals surface area contributed by atoms with Crippen LogP contribution < -0.4 is 4.72 Å². The van der Waals surface area contributed by atoms with Crippen LogP contribution in [0, 0.1) is 5.92 Å². The fraction of sp³-hybridized carbons (Fsp3) is 0.417. The highest BCUT2D eigenvalue weighted by molar-refractivity contribution is 7.92. The first-order chi connectivity index (χ1) is 8.87. The predicted octanol–water partition coefficient (Wildman–Crippen LogP) is 1.63. The van der Waals surface area contributed by atoms with Crippen LogP contribution >= 0.6 is 0 Å². The number of sulfonamides is 1. The Balaban J connectivity index is 2.12. The molecular formula is C12H15NO5S. The maximum absolute atomic E-state index is 11.8. The van der Waals surface area contributed by atoms with Gasteiger partial charge in [0.25, 0.3) is 0 Å². The van der Waals surface area contributed by atoms with E-state index in [0.29, 0.717) is 12.3 Å². The summed E-state index contributed by atoms with van der Waals surface area (Å²) in [6.07, 6.45) is 2.72. The van der Waals surface area contributed by atoms with Crippen molar-refractivity contribution >= 4 is 21.7 Å². The van der Waals surface area contributed by atoms with Crippen molar-refractivity contribution in [2.45, 2.75) is 19.3 Å². The fourth-order valence-electron chi connectivity index (χ4n) is 1.70. The minimum Gasteiger partial charge on any atom is -0.506 e. The van der Waals surface area contributed by atoms with Gasteiger partial charge in [0.1, 0.15) is 5.75 Å². The van der Waals surface area contributed by atoms with Crippen LogP contribution in [0.4, 0.5) is 5.69 Å². The average Bonchev–Trinajstić information content (AvgIpc) is 3.13. The second-order valence-corrected chi connectivity index (χ2v) is 6.53. The van der Waals surface area contributed by atoms with Crippen LogP contribution in [0.3, 0.4) is 0 Å². The second-order valence-electron chi connectivity index (χ2n) is 4.69. The second kappa shape index (κ2) is 5.08. The Kier molecular flexibility index (Phi) is 3.66. The average molecular weight is 285 g/mol. The highest BCUT2D eigenvalue weighted by atomic mass is 32.2. The van der Waals surface area contributed by atoms with Crippen molar-refractivity contribution in [2.24, 2.45) is 5.92 Å². The number of nitrogens with one attached hydrogen (secondary N) is 1. The van der Waals surface area contributed by atoms with E-state index in [1.54, 1.807) is 0 Å². The maximum atomic E-state index is 11.8. The lowest BCUT2D eigenvalue weighted by Gasteiger charge is -2.10. The fourth-order valence-corrected chi connectivity index (χ4v) is 2.94. The van der Waals surface area contributed by atoms with E-state index in [0.717, 1.165) is 25.0 Å². The summed E-state index contributed by atoms with van der Waals surface area (Å²) in [5.41, 5.74) is -0.187. The summed E-state index contributed by atoms with van der Waals surface area (Å²) in [5, 5.41) is 18.4. The van der Waals surface area contributed by atoms with E-state index >= 15 is 0 Å². The molecule has 0 atom stereocenters. The molecule has 1 aliphatic rings. The number of carboxylic acid groups (broad SMARTS) is 1. The first-order valence-corrected chi connectivity index (χ1v) is 7.59. The number of phenols is 1. The zero-order valence-corrected chi connectivity index (χ0v) is 11.0. The summed E-state index contributed by atoms with van der Waals surface area (Å²) >= 11 is 0. The number of hydrogen-bond acceptors (Lipinski definition) is 4. The van der Waals surface area contributed by atoms with E-state index < -0.39 is 16.0 Å². The van der Waals surface area contributed by atoms with E-state index in [9.17, 15) is 18.3 Å². The van der Waals surface area contributed by atoms with Gasteiger partial charge in [0.2, 0.25) is 10.0 Å². The molecule has 0 spiro atoms. The van der Waals surface area contributed by atoms with Crippen LogP contribution in [0.1, 0.15) is 29.6 Å². The number of carboxylic acids is 1. The molecule has 0 saturated heterocycles. The molecule has 0 bridgehead atoms. The number of aromatic carboxylic acids is 1. The number of anilines is 1. The van der Waals surface area contributed by atoms with Crippen molar-refractivity contribution in [3.05, 3.63) is 23.8 Å². The molecule has 3 N–H and O–H groups in total. The molecule has 2 rings (SSSR count). The van der Waals surface area contributed by atoms with Gasteiger partial charge < -0.3 is 10.2 Å². The van der Waals surface area contributed by atoms with Gasteiger partial charge in [-0.3, -0.25) is 4.72 Å². The lowest BCUT2D eigenvalue weighted by atomic mass is 10.2. The van der Waals surface area contributed by atoms with Crippen LogP contribution in [0.25, 0.3) is 0 Å². The minimum atomic E-state index is -3.56. The van der Waals surface area contributed by atoms with Crippen LogP contribution in [0.5, 0.6) is 5.75 Å². The number of hydrogen-bond donors (Lipinski definition) is 3. The van der Waals surface area contributed by atoms with Gasteiger partial charge in [0.15, 0.2) is 0 Å². The molecule has 0 amide bonds. The molecule has 104 valence electrons. The van der Waals surface area contributed by atoms with Gasteiger partial charge in [-0.05, 0) is 30.5 Å². The molecular weight excluding hydrogens is 270 g/mol. The SMILES string of the molecule is O=C(O)c1ccc(O)c(NS(=O)(=O)CCC2CC2)c1. The number of carbonyl (C=O) groups is 1. The number of phenolic OH excluding ortho intramolecular Hbond substituents is 1. The maximum Gasteiger partial charge on any atom is 0.335 e. The predicted molar refractivity (Wildman–Crippen MR) is 69.8 cm³/mol. The van der Waals surface area contributed by atoms with Gasteiger partial charge in [-0.25, -0.2) is 13.2 Å². The third kappa shape index (κ3) is 3.85. The minimum absolute atomic E-state index is 0.0194. The molecule has 19 heavy (non-hydrogen) atoms. The zero-order chi connectivity index (χ0) is 14.0. The molecule has 0 unspecified atom stereocenters. The number of aromatic hydroxyl groups is 1. The van der Waals surface area contributed by atoms with E-state index in [-0.39, 0.29) is 22.8 Å². The third-order valence-electron chi connectivity index (χ3n) is 3.00. The number of benzene rings is 1. The Bertz CT molecular complexity index is 592. The topological polar surface area (TPSA) is 104 Å². The molecule has 1 aromatic rings. The summed E-state index contributed by atoms with van der Waals surface area (Å²) in [5.74, 6) is -1.01. The van der Waals surface area contributed by atoms with Crippen LogP contribution in [-0.4, -0.2) is 30.4 Å². The van der Waals surface area contributed by atoms with Gasteiger partial charge in [0, 0.05) is 0 Å². The van der Waals surface area contributed by atoms with Gasteiger partial charge >= 0.3 is 5.97 Å². The summed E-state index contributed by atoms with van der Waals surface area (Å²) in [6.45, 7) is 0. The lowest BCUT2D eigenvalue weighted by molar-refractivity contribution is 0.0697. The van der Waals surface area contributed by atoms with Gasteiger partial charge in [-0.15, -0.1) is 0 Å². The van der Waals surface area contributed by atoms with E-state index in [1.165, 1.54) is 6.07 Å². The van der Waals surface area contributed by atoms with Crippen molar-refractivity contribution in [2.75, 3.05) is 10.5 Å². The Labute approximate surface area is 111 Å². The van der Waals surface area contributed by atoms with Gasteiger partial charge in [0.05, 0.1) is 17.0 Å². The van der Waals surface area contributed by atoms with E-state index in [1.807, 2.05) is 0 Å². The monoisotopic (exact) mass is 285 g/mol. The molecule has 1 fully saturated rings. The highest BCUT2D eigenvalue weighted by Gasteiger charge is 2.24. The van der Waals surface area contributed by atoms with Crippen LogP contribution in [0.2, 0.25) is 0 Å². The van der Waals surface area contributed by atoms with Gasteiger partial charge in [-0.2, -0.15) is 0 Å². The van der Waals surface area contributed by atoms with Crippen LogP contribution in [-0.2, 0) is 10.0 Å². The molecule has 0 radical (unpaired) electrons. The van der Waals surface area contributed by atoms with Crippen molar-refractivity contribution in [3.63, 3.8) is 0 Å². The van der Waals surface area contributed by atoms with Gasteiger partial charge in [-0.1, -0.05) is 12.8 Å². The summed E-state index contributed by atoms with van der Waals surface area (Å²) in [7, 11) is -3.56. The van der Waals surface area contributed by atoms with Crippen molar-refractivity contribution < 1.29 is 23.4 Å². The first-order valence-electron chi connectivity index (χ1n) is 5.94. The van der Waals surface area contributed by atoms with E-state index in [4.69, 9.17) is 5.11 Å². The number of rotatable bonds is 6. The quantitative estimate of drug-likeness (QED) is 0.689. The van der Waals surface area contributed by atoms with Crippen molar-refractivity contribution in [1.82, 2.24) is 0 Å². The largest absolute Gasteiger partial charge is 0.506 e. The van der Waals surface area contributed by atoms with E-state index in [2.05, 4.69) is 4.72 Å². The molecule has 6 nitrogen and oxygen atoms in total. The molecule has 0 heterocycles. The molecule has 0 aromatic heterocycles. The standard InChI is InChI=1S/C12H15NO5S/c14-11-4-3-9(12(15)16)7-10(11)13-19(17,18)6-5-8-1-2-8/h3-4,7-8,13-14H,1-2,5-6H2,(H,15,16). The van der Waals surface area contributed by atoms with Crippen LogP contribution in [0.15, 0.2) is 18.2 Å². The zero-order valence-electron chi connectivity index (χ0n) is 10.2. The summed E-state index contributed by atoms with van der Waals surface area (Å²) in [6, 6.07) is 3.47. The Hall–Kier alpha value is -1.76. The third-order valence-corrected chi connectivity index (χ3v) is 4.30. The Morgan fingerprint density at radius 2 is 2.05 bits per heavy atom. The summed E-state index contributed by atoms with van der Waals surface area (Å²) < 4.78 is 25.8. The smallest absolute Gasteiger partial charge is 0.335 e. The van der Waals surface area contributed by atoms with Crippen molar-refractivity contribution in [1.29, 1.82) is 0 Å². The molecule has 1 aromatic carbocycles. The first kappa shape index (κ1) is 13.7. The molecule has 7 heteroatoms.